The Morgan fingerprint density at radius 1 is 0.515 bits per heavy atom. The van der Waals surface area contributed by atoms with Gasteiger partial charge in [-0.25, -0.2) is 4.98 Å². The van der Waals surface area contributed by atoms with Crippen LogP contribution in [0.25, 0.3) is 94.0 Å². The summed E-state index contributed by atoms with van der Waals surface area (Å²) in [5.41, 5.74) is 11.5. The molecule has 330 valence electrons. The summed E-state index contributed by atoms with van der Waals surface area (Å²) in [6.07, 6.45) is 9.33. The van der Waals surface area contributed by atoms with E-state index in [9.17, 15) is 0 Å². The largest absolute Gasteiger partial charge is 0.510 e. The topological polar surface area (TPSA) is 45.7 Å². The molecule has 0 bridgehead atoms. The number of hydrogen-bond acceptors (Lipinski definition) is 2. The first-order valence-electron chi connectivity index (χ1n) is 22.6. The van der Waals surface area contributed by atoms with Crippen LogP contribution in [0.5, 0.6) is 11.5 Å². The zero-order valence-corrected chi connectivity index (χ0v) is 39.7. The molecule has 8 heteroatoms. The molecule has 0 unspecified atom stereocenters. The average Bonchev–Trinajstić information content (AvgIpc) is 4.15. The third kappa shape index (κ3) is 6.52. The Morgan fingerprint density at radius 3 is 1.76 bits per heavy atom. The van der Waals surface area contributed by atoms with Gasteiger partial charge in [-0.3, -0.25) is 4.57 Å². The Kier molecular flexibility index (Phi) is 9.82. The van der Waals surface area contributed by atoms with Crippen LogP contribution >= 0.6 is 0 Å². The van der Waals surface area contributed by atoms with Gasteiger partial charge in [-0.05, 0) is 82.7 Å². The van der Waals surface area contributed by atoms with Crippen molar-refractivity contribution in [1.82, 2.24) is 23.3 Å². The minimum Gasteiger partial charge on any atom is -0.510 e. The van der Waals surface area contributed by atoms with Crippen LogP contribution in [-0.4, -0.2) is 23.3 Å². The van der Waals surface area contributed by atoms with E-state index in [-0.39, 0.29) is 26.5 Å². The van der Waals surface area contributed by atoms with E-state index in [0.29, 0.717) is 11.5 Å². The molecule has 8 aromatic carbocycles. The number of ether oxygens (including phenoxy) is 1. The Labute approximate surface area is 407 Å². The monoisotopic (exact) mass is 1060 g/mol. The Morgan fingerprint density at radius 2 is 1.09 bits per heavy atom. The number of para-hydroxylation sites is 5. The molecule has 0 aliphatic carbocycles. The van der Waals surface area contributed by atoms with E-state index in [1.165, 1.54) is 21.7 Å². The number of rotatable bonds is 7. The fourth-order valence-electron chi connectivity index (χ4n) is 10.0. The third-order valence-electron chi connectivity index (χ3n) is 13.0. The van der Waals surface area contributed by atoms with Crippen LogP contribution in [0.3, 0.4) is 0 Å². The number of benzene rings is 8. The first-order valence-corrected chi connectivity index (χ1v) is 22.6. The van der Waals surface area contributed by atoms with Crippen molar-refractivity contribution in [2.75, 3.05) is 0 Å². The maximum atomic E-state index is 6.76. The van der Waals surface area contributed by atoms with Gasteiger partial charge in [-0.1, -0.05) is 117 Å². The van der Waals surface area contributed by atoms with Crippen molar-refractivity contribution in [3.05, 3.63) is 225 Å². The Balaban J connectivity index is 0.00000480. The third-order valence-corrected chi connectivity index (χ3v) is 13.0. The molecule has 0 N–H and O–H groups in total. The van der Waals surface area contributed by atoms with E-state index in [1.54, 1.807) is 0 Å². The Hall–Kier alpha value is -7.99. The molecule has 0 atom stereocenters. The smallest absolute Gasteiger partial charge is 0.267 e. The number of pyridine rings is 1. The van der Waals surface area contributed by atoms with E-state index >= 15 is 0 Å². The van der Waals surface area contributed by atoms with Gasteiger partial charge in [0.05, 0.1) is 33.3 Å². The summed E-state index contributed by atoms with van der Waals surface area (Å²) in [4.78, 5) is 5.21. The van der Waals surface area contributed by atoms with Gasteiger partial charge in [0.1, 0.15) is 5.82 Å². The van der Waals surface area contributed by atoms with Gasteiger partial charge >= 0.3 is 0 Å². The fraction of sp³-hybridized carbons (Fsp3) is 0.0667. The minimum atomic E-state index is -0.128. The van der Waals surface area contributed by atoms with Crippen molar-refractivity contribution < 1.29 is 30.4 Å². The summed E-state index contributed by atoms with van der Waals surface area (Å²) in [7, 11) is 0. The SMILES string of the molecule is CC(C)(C)c1ccnc(-n2c3[c-]c(Oc4[c-]c(-[n+]5[c-]n(-c6ccccc6)cc5)ccc4)ccc3c3c4c5ccccc5n(-c5ccccc5)c4c4c5ccccc5n(-c5ccccc5)c4c32)c1.[Pt]. The molecule has 5 heterocycles. The zero-order chi connectivity index (χ0) is 44.8. The van der Waals surface area contributed by atoms with Crippen molar-refractivity contribution in [2.24, 2.45) is 0 Å². The van der Waals surface area contributed by atoms with Gasteiger partial charge in [0.15, 0.2) is 0 Å². The summed E-state index contributed by atoms with van der Waals surface area (Å²) in [5.74, 6) is 1.94. The number of fused-ring (bicyclic) bond motifs is 12. The molecule has 0 aliphatic heterocycles. The predicted molar refractivity (Wildman–Crippen MR) is 270 cm³/mol. The van der Waals surface area contributed by atoms with Crippen molar-refractivity contribution in [3.63, 3.8) is 0 Å². The van der Waals surface area contributed by atoms with Crippen molar-refractivity contribution in [1.29, 1.82) is 0 Å². The molecule has 0 aliphatic rings. The van der Waals surface area contributed by atoms with Gasteiger partial charge < -0.3 is 23.0 Å². The molecule has 13 aromatic rings. The van der Waals surface area contributed by atoms with Crippen molar-refractivity contribution in [2.45, 2.75) is 26.2 Å². The van der Waals surface area contributed by atoms with Gasteiger partial charge in [-0.2, -0.15) is 18.2 Å². The van der Waals surface area contributed by atoms with Gasteiger partial charge in [-0.15, -0.1) is 29.7 Å². The maximum absolute atomic E-state index is 6.76. The van der Waals surface area contributed by atoms with Crippen LogP contribution < -0.4 is 9.30 Å². The first kappa shape index (κ1) is 41.4. The summed E-state index contributed by atoms with van der Waals surface area (Å²) >= 11 is 0. The van der Waals surface area contributed by atoms with Crippen LogP contribution in [0.4, 0.5) is 0 Å². The van der Waals surface area contributed by atoms with E-state index in [4.69, 9.17) is 9.72 Å². The maximum Gasteiger partial charge on any atom is 0.267 e. The number of imidazole rings is 1. The van der Waals surface area contributed by atoms with Crippen molar-refractivity contribution in [3.8, 4) is 40.1 Å². The van der Waals surface area contributed by atoms with Crippen LogP contribution in [0.15, 0.2) is 201 Å². The van der Waals surface area contributed by atoms with Crippen LogP contribution in [0.1, 0.15) is 26.3 Å². The second kappa shape index (κ2) is 16.1. The predicted octanol–water partition coefficient (Wildman–Crippen LogP) is 13.9. The van der Waals surface area contributed by atoms with Crippen molar-refractivity contribution >= 4 is 65.4 Å². The molecular weight excluding hydrogens is 1020 g/mol. The van der Waals surface area contributed by atoms with E-state index in [0.717, 1.165) is 77.8 Å². The van der Waals surface area contributed by atoms with Crippen LogP contribution in [0.2, 0.25) is 0 Å². The van der Waals surface area contributed by atoms with E-state index < -0.39 is 0 Å². The number of hydrogen-bond donors (Lipinski definition) is 0. The molecular formula is C60H42N6OPt-2. The average molecular weight is 1060 g/mol. The van der Waals surface area contributed by atoms with Crippen LogP contribution in [0, 0.1) is 18.5 Å². The summed E-state index contributed by atoms with van der Waals surface area (Å²) in [6, 6.07) is 71.2. The van der Waals surface area contributed by atoms with E-state index in [1.807, 2.05) is 70.2 Å². The molecule has 68 heavy (non-hydrogen) atoms. The van der Waals surface area contributed by atoms with Gasteiger partial charge in [0.25, 0.3) is 6.33 Å². The zero-order valence-electron chi connectivity index (χ0n) is 37.5. The summed E-state index contributed by atoms with van der Waals surface area (Å²) < 4.78 is 17.9. The second-order valence-electron chi connectivity index (χ2n) is 18.1. The van der Waals surface area contributed by atoms with Gasteiger partial charge in [0.2, 0.25) is 0 Å². The number of nitrogens with zero attached hydrogens (tertiary/aromatic N) is 6. The second-order valence-corrected chi connectivity index (χ2v) is 18.1. The molecule has 0 saturated carbocycles. The molecule has 0 saturated heterocycles. The molecule has 0 spiro atoms. The van der Waals surface area contributed by atoms with Crippen LogP contribution in [-0.2, 0) is 26.5 Å². The van der Waals surface area contributed by atoms with Gasteiger partial charge in [0, 0.05) is 84.1 Å². The molecule has 0 amide bonds. The standard InChI is InChI=1S/C60H42N6O.Pt/c1-60(2,3)40-32-33-61-53(36-40)66-52-38-46(67-45-25-17-24-44(37-45)63-35-34-62(39-63)41-18-7-4-8-19-41)30-31-49(52)55-54-47-26-13-15-28-50(47)64(42-20-9-5-10-21-42)57(54)56-48-27-14-16-29-51(48)65(59(56)58(55)66)43-22-11-6-12-23-43;/h4-36H,1-3H3;/q-2;. The number of aromatic nitrogens is 6. The molecule has 0 radical (unpaired) electrons. The first-order chi connectivity index (χ1) is 32.9. The molecule has 7 nitrogen and oxygen atoms in total. The Bertz CT molecular complexity index is 4050. The quantitative estimate of drug-likeness (QED) is 0.118. The molecule has 0 fully saturated rings. The molecule has 13 rings (SSSR count). The summed E-state index contributed by atoms with van der Waals surface area (Å²) in [5, 5.41) is 6.84. The fourth-order valence-corrected chi connectivity index (χ4v) is 10.0. The normalized spacial score (nSPS) is 11.9. The minimum absolute atomic E-state index is 0. The molecule has 5 aromatic heterocycles. The van der Waals surface area contributed by atoms with E-state index in [2.05, 4.69) is 192 Å². The summed E-state index contributed by atoms with van der Waals surface area (Å²) in [6.45, 7) is 6.75.